The third kappa shape index (κ3) is 6.79. The Kier molecular flexibility index (Phi) is 8.45. The first-order valence-electron chi connectivity index (χ1n) is 14.3. The first-order valence-corrected chi connectivity index (χ1v) is 15.8. The SMILES string of the molecule is N#Cc1cnc2cc(OC3CCOC3)c(N3CCC(=CC(N)=O)CC3)cc2c1Nc1ncc(S(=O)(=O)Nc2ccccc2)cn1. The highest BCUT2D eigenvalue weighted by atomic mass is 32.2. The molecule has 4 heterocycles. The largest absolute Gasteiger partial charge is 0.486 e. The van der Waals surface area contributed by atoms with Gasteiger partial charge in [0.1, 0.15) is 22.8 Å². The summed E-state index contributed by atoms with van der Waals surface area (Å²) in [7, 11) is -3.92. The van der Waals surface area contributed by atoms with Crippen LogP contribution in [0.4, 0.5) is 23.0 Å². The van der Waals surface area contributed by atoms with E-state index in [1.165, 1.54) is 24.7 Å². The van der Waals surface area contributed by atoms with E-state index < -0.39 is 15.9 Å². The quantitative estimate of drug-likeness (QED) is 0.230. The number of carbonyl (C=O) groups is 1. The van der Waals surface area contributed by atoms with Gasteiger partial charge >= 0.3 is 0 Å². The fraction of sp³-hybridized carbons (Fsp3) is 0.258. The summed E-state index contributed by atoms with van der Waals surface area (Å²) in [5.74, 6) is 0.280. The Hall–Kier alpha value is -5.26. The summed E-state index contributed by atoms with van der Waals surface area (Å²) in [6, 6.07) is 14.4. The number of aromatic nitrogens is 3. The molecule has 1 amide bonds. The number of carbonyl (C=O) groups excluding carboxylic acids is 1. The van der Waals surface area contributed by atoms with Crippen molar-refractivity contribution in [1.29, 1.82) is 5.26 Å². The predicted molar refractivity (Wildman–Crippen MR) is 168 cm³/mol. The number of pyridine rings is 1. The van der Waals surface area contributed by atoms with Crippen molar-refractivity contribution in [3.63, 3.8) is 0 Å². The fourth-order valence-corrected chi connectivity index (χ4v) is 6.23. The average molecular weight is 627 g/mol. The number of nitrogens with one attached hydrogen (secondary N) is 2. The Morgan fingerprint density at radius 3 is 2.53 bits per heavy atom. The molecule has 0 spiro atoms. The number of nitriles is 1. The van der Waals surface area contributed by atoms with E-state index >= 15 is 0 Å². The third-order valence-electron chi connectivity index (χ3n) is 7.54. The van der Waals surface area contributed by atoms with Gasteiger partial charge in [0.2, 0.25) is 11.9 Å². The van der Waals surface area contributed by atoms with Gasteiger partial charge in [-0.2, -0.15) is 5.26 Å². The monoisotopic (exact) mass is 626 g/mol. The molecular formula is C31H30N8O5S. The van der Waals surface area contributed by atoms with Crippen LogP contribution in [0.25, 0.3) is 10.9 Å². The van der Waals surface area contributed by atoms with Crippen LogP contribution in [0.15, 0.2) is 77.6 Å². The lowest BCUT2D eigenvalue weighted by atomic mass is 10.0. The highest BCUT2D eigenvalue weighted by molar-refractivity contribution is 7.92. The van der Waals surface area contributed by atoms with Crippen LogP contribution in [0.2, 0.25) is 0 Å². The zero-order valence-corrected chi connectivity index (χ0v) is 25.0. The summed E-state index contributed by atoms with van der Waals surface area (Å²) < 4.78 is 40.1. The Bertz CT molecular complexity index is 1890. The van der Waals surface area contributed by atoms with Gasteiger partial charge in [0.15, 0.2) is 0 Å². The number of ether oxygens (including phenoxy) is 2. The van der Waals surface area contributed by atoms with Crippen molar-refractivity contribution in [2.24, 2.45) is 5.73 Å². The molecule has 2 fully saturated rings. The smallest absolute Gasteiger partial charge is 0.264 e. The maximum atomic E-state index is 12.8. The Labute approximate surface area is 259 Å². The van der Waals surface area contributed by atoms with Gasteiger partial charge in [-0.15, -0.1) is 0 Å². The molecule has 4 N–H and O–H groups in total. The summed E-state index contributed by atoms with van der Waals surface area (Å²) in [5.41, 5.74) is 8.83. The van der Waals surface area contributed by atoms with Gasteiger partial charge in [-0.1, -0.05) is 23.8 Å². The van der Waals surface area contributed by atoms with E-state index in [-0.39, 0.29) is 22.5 Å². The Morgan fingerprint density at radius 2 is 1.87 bits per heavy atom. The van der Waals surface area contributed by atoms with Crippen LogP contribution in [0.5, 0.6) is 5.75 Å². The van der Waals surface area contributed by atoms with E-state index in [4.69, 9.17) is 15.2 Å². The normalized spacial score (nSPS) is 16.6. The number of piperidine rings is 1. The molecule has 13 nitrogen and oxygen atoms in total. The van der Waals surface area contributed by atoms with Gasteiger partial charge in [0.05, 0.1) is 48.1 Å². The van der Waals surface area contributed by atoms with E-state index in [1.807, 2.05) is 12.1 Å². The van der Waals surface area contributed by atoms with Gasteiger partial charge < -0.3 is 25.4 Å². The zero-order valence-electron chi connectivity index (χ0n) is 24.1. The molecule has 2 aromatic heterocycles. The van der Waals surface area contributed by atoms with Crippen molar-refractivity contribution in [2.45, 2.75) is 30.3 Å². The maximum Gasteiger partial charge on any atom is 0.264 e. The number of hydrogen-bond donors (Lipinski definition) is 3. The number of rotatable bonds is 9. The van der Waals surface area contributed by atoms with Crippen LogP contribution in [0, 0.1) is 11.3 Å². The van der Waals surface area contributed by atoms with E-state index in [1.54, 1.807) is 30.3 Å². The van der Waals surface area contributed by atoms with Gasteiger partial charge in [-0.3, -0.25) is 14.5 Å². The van der Waals surface area contributed by atoms with Crippen molar-refractivity contribution >= 4 is 49.8 Å². The van der Waals surface area contributed by atoms with E-state index in [0.717, 1.165) is 17.7 Å². The number of nitrogens with zero attached hydrogens (tertiary/aromatic N) is 5. The molecule has 4 aromatic rings. The highest BCUT2D eigenvalue weighted by Crippen LogP contribution is 2.39. The number of para-hydroxylation sites is 1. The minimum Gasteiger partial charge on any atom is -0.486 e. The summed E-state index contributed by atoms with van der Waals surface area (Å²) in [6.07, 6.45) is 7.33. The number of primary amides is 1. The van der Waals surface area contributed by atoms with Crippen molar-refractivity contribution < 1.29 is 22.7 Å². The first kappa shape index (κ1) is 29.8. The molecule has 6 rings (SSSR count). The molecular weight excluding hydrogens is 596 g/mol. The first-order chi connectivity index (χ1) is 21.8. The van der Waals surface area contributed by atoms with Crippen LogP contribution in [-0.2, 0) is 19.6 Å². The third-order valence-corrected chi connectivity index (χ3v) is 8.88. The summed E-state index contributed by atoms with van der Waals surface area (Å²) in [6.45, 7) is 2.37. The van der Waals surface area contributed by atoms with E-state index in [0.29, 0.717) is 67.2 Å². The number of fused-ring (bicyclic) bond motifs is 1. The molecule has 2 aliphatic heterocycles. The predicted octanol–water partition coefficient (Wildman–Crippen LogP) is 3.62. The van der Waals surface area contributed by atoms with Gasteiger partial charge in [0, 0.05) is 48.9 Å². The molecule has 1 unspecified atom stereocenters. The molecule has 45 heavy (non-hydrogen) atoms. The van der Waals surface area contributed by atoms with Crippen LogP contribution < -0.4 is 25.4 Å². The molecule has 1 atom stereocenters. The lowest BCUT2D eigenvalue weighted by molar-refractivity contribution is -0.113. The number of hydrogen-bond acceptors (Lipinski definition) is 11. The summed E-state index contributed by atoms with van der Waals surface area (Å²) in [4.78, 5) is 26.5. The van der Waals surface area contributed by atoms with Gasteiger partial charge in [0.25, 0.3) is 10.0 Å². The van der Waals surface area contributed by atoms with Crippen molar-refractivity contribution in [3.05, 3.63) is 78.3 Å². The van der Waals surface area contributed by atoms with Gasteiger partial charge in [-0.05, 0) is 31.0 Å². The Balaban J connectivity index is 1.33. The number of amides is 1. The molecule has 2 saturated heterocycles. The molecule has 0 aliphatic carbocycles. The molecule has 0 bridgehead atoms. The highest BCUT2D eigenvalue weighted by Gasteiger charge is 2.25. The average Bonchev–Trinajstić information content (AvgIpc) is 3.55. The van der Waals surface area contributed by atoms with Crippen LogP contribution in [-0.4, -0.2) is 61.7 Å². The molecule has 230 valence electrons. The number of anilines is 4. The van der Waals surface area contributed by atoms with E-state index in [2.05, 4.69) is 36.0 Å². The van der Waals surface area contributed by atoms with Crippen molar-refractivity contribution in [2.75, 3.05) is 41.2 Å². The lowest BCUT2D eigenvalue weighted by Crippen LogP contribution is -2.32. The molecule has 14 heteroatoms. The number of benzene rings is 2. The minimum absolute atomic E-state index is 0.0989. The van der Waals surface area contributed by atoms with Crippen LogP contribution in [0.3, 0.4) is 0 Å². The lowest BCUT2D eigenvalue weighted by Gasteiger charge is -2.32. The maximum absolute atomic E-state index is 12.8. The second-order valence-electron chi connectivity index (χ2n) is 10.6. The molecule has 2 aliphatic rings. The number of sulfonamides is 1. The summed E-state index contributed by atoms with van der Waals surface area (Å²) >= 11 is 0. The van der Waals surface area contributed by atoms with Crippen LogP contribution >= 0.6 is 0 Å². The second kappa shape index (κ2) is 12.8. The molecule has 0 radical (unpaired) electrons. The van der Waals surface area contributed by atoms with Crippen LogP contribution in [0.1, 0.15) is 24.8 Å². The number of nitrogens with two attached hydrogens (primary N) is 1. The molecule has 2 aromatic carbocycles. The standard InChI is InChI=1S/C31H30N8O5S/c32-15-21-16-34-26-14-28(44-23-8-11-43-19-23)27(39-9-6-20(7-10-39)12-29(33)40)13-25(26)30(21)37-31-35-17-24(18-36-31)45(41,42)38-22-4-2-1-3-5-22/h1-5,12-14,16-18,23,38H,6-11,19H2,(H2,33,40)(H,34,35,36,37). The van der Waals surface area contributed by atoms with Gasteiger partial charge in [-0.25, -0.2) is 18.4 Å². The topological polar surface area (TPSA) is 185 Å². The minimum atomic E-state index is -3.92. The van der Waals surface area contributed by atoms with Crippen molar-refractivity contribution in [3.8, 4) is 11.8 Å². The Morgan fingerprint density at radius 1 is 1.11 bits per heavy atom. The molecule has 0 saturated carbocycles. The zero-order chi connectivity index (χ0) is 31.4. The summed E-state index contributed by atoms with van der Waals surface area (Å²) in [5, 5.41) is 13.7. The van der Waals surface area contributed by atoms with E-state index in [9.17, 15) is 18.5 Å². The van der Waals surface area contributed by atoms with Crippen molar-refractivity contribution in [1.82, 2.24) is 15.0 Å². The fourth-order valence-electron chi connectivity index (χ4n) is 5.29. The second-order valence-corrected chi connectivity index (χ2v) is 12.3.